The van der Waals surface area contributed by atoms with Crippen LogP contribution in [0.3, 0.4) is 0 Å². The van der Waals surface area contributed by atoms with Crippen LogP contribution in [0.4, 0.5) is 10.1 Å². The second kappa shape index (κ2) is 5.32. The molecule has 0 radical (unpaired) electrons. The topological polar surface area (TPSA) is 12.0 Å². The summed E-state index contributed by atoms with van der Waals surface area (Å²) in [7, 11) is 0. The Morgan fingerprint density at radius 2 is 1.94 bits per heavy atom. The number of hydrogen-bond acceptors (Lipinski definition) is 1. The van der Waals surface area contributed by atoms with Gasteiger partial charge in [0.25, 0.3) is 0 Å². The highest BCUT2D eigenvalue weighted by Gasteiger charge is 2.02. The van der Waals surface area contributed by atoms with Crippen LogP contribution in [-0.2, 0) is 6.54 Å². The number of rotatable bonds is 3. The van der Waals surface area contributed by atoms with Crippen molar-refractivity contribution >= 4 is 21.6 Å². The van der Waals surface area contributed by atoms with Gasteiger partial charge in [0.2, 0.25) is 0 Å². The van der Waals surface area contributed by atoms with Crippen molar-refractivity contribution < 1.29 is 4.39 Å². The minimum atomic E-state index is -0.177. The van der Waals surface area contributed by atoms with Gasteiger partial charge in [-0.25, -0.2) is 4.39 Å². The molecule has 2 rings (SSSR count). The molecule has 0 saturated carbocycles. The van der Waals surface area contributed by atoms with Crippen LogP contribution in [0.2, 0.25) is 0 Å². The molecule has 0 amide bonds. The van der Waals surface area contributed by atoms with E-state index >= 15 is 0 Å². The van der Waals surface area contributed by atoms with E-state index in [1.165, 1.54) is 6.07 Å². The third-order valence-electron chi connectivity index (χ3n) is 2.64. The molecule has 2 aromatic carbocycles. The lowest BCUT2D eigenvalue weighted by Crippen LogP contribution is -2.01. The quantitative estimate of drug-likeness (QED) is 0.878. The lowest BCUT2D eigenvalue weighted by Gasteiger charge is -2.10. The SMILES string of the molecule is Cc1c(F)cccc1NCc1cccc(Br)c1. The molecule has 0 aliphatic heterocycles. The van der Waals surface area contributed by atoms with Crippen LogP contribution in [0.5, 0.6) is 0 Å². The molecule has 88 valence electrons. The van der Waals surface area contributed by atoms with Crippen molar-refractivity contribution in [1.82, 2.24) is 0 Å². The van der Waals surface area contributed by atoms with E-state index in [0.717, 1.165) is 15.7 Å². The molecule has 0 heterocycles. The first kappa shape index (κ1) is 12.1. The van der Waals surface area contributed by atoms with E-state index in [0.29, 0.717) is 12.1 Å². The molecule has 0 aromatic heterocycles. The first-order valence-corrected chi connectivity index (χ1v) is 6.19. The highest BCUT2D eigenvalue weighted by molar-refractivity contribution is 9.10. The summed E-state index contributed by atoms with van der Waals surface area (Å²) < 4.78 is 14.4. The molecule has 1 N–H and O–H groups in total. The second-order valence-corrected chi connectivity index (χ2v) is 4.81. The van der Waals surface area contributed by atoms with Gasteiger partial charge < -0.3 is 5.32 Å². The molecule has 0 unspecified atom stereocenters. The summed E-state index contributed by atoms with van der Waals surface area (Å²) in [4.78, 5) is 0. The Labute approximate surface area is 109 Å². The molecular weight excluding hydrogens is 281 g/mol. The lowest BCUT2D eigenvalue weighted by atomic mass is 10.1. The zero-order valence-electron chi connectivity index (χ0n) is 9.50. The maximum absolute atomic E-state index is 13.3. The zero-order chi connectivity index (χ0) is 12.3. The fraction of sp³-hybridized carbons (Fsp3) is 0.143. The van der Waals surface area contributed by atoms with Crippen LogP contribution in [0.1, 0.15) is 11.1 Å². The average Bonchev–Trinajstić information content (AvgIpc) is 2.31. The van der Waals surface area contributed by atoms with Crippen LogP contribution >= 0.6 is 15.9 Å². The summed E-state index contributed by atoms with van der Waals surface area (Å²) in [6, 6.07) is 13.1. The summed E-state index contributed by atoms with van der Waals surface area (Å²) in [5.74, 6) is -0.177. The standard InChI is InChI=1S/C14H13BrFN/c1-10-13(16)6-3-7-14(10)17-9-11-4-2-5-12(15)8-11/h2-8,17H,9H2,1H3. The van der Waals surface area contributed by atoms with Crippen molar-refractivity contribution in [2.24, 2.45) is 0 Å². The van der Waals surface area contributed by atoms with E-state index in [4.69, 9.17) is 0 Å². The van der Waals surface area contributed by atoms with Gasteiger partial charge in [0, 0.05) is 22.3 Å². The number of benzene rings is 2. The molecule has 0 spiro atoms. The van der Waals surface area contributed by atoms with Gasteiger partial charge in [0.1, 0.15) is 5.82 Å². The molecule has 1 nitrogen and oxygen atoms in total. The van der Waals surface area contributed by atoms with Gasteiger partial charge in [-0.15, -0.1) is 0 Å². The third-order valence-corrected chi connectivity index (χ3v) is 3.13. The molecule has 0 saturated heterocycles. The van der Waals surface area contributed by atoms with E-state index in [1.54, 1.807) is 13.0 Å². The van der Waals surface area contributed by atoms with Gasteiger partial charge in [-0.1, -0.05) is 34.1 Å². The Balaban J connectivity index is 2.10. The van der Waals surface area contributed by atoms with Gasteiger partial charge in [0.05, 0.1) is 0 Å². The Morgan fingerprint density at radius 1 is 1.18 bits per heavy atom. The van der Waals surface area contributed by atoms with Crippen molar-refractivity contribution in [3.05, 3.63) is 63.9 Å². The lowest BCUT2D eigenvalue weighted by molar-refractivity contribution is 0.619. The van der Waals surface area contributed by atoms with Crippen LogP contribution in [0, 0.1) is 12.7 Å². The maximum Gasteiger partial charge on any atom is 0.128 e. The summed E-state index contributed by atoms with van der Waals surface area (Å²) in [5.41, 5.74) is 2.65. The van der Waals surface area contributed by atoms with Gasteiger partial charge >= 0.3 is 0 Å². The molecule has 17 heavy (non-hydrogen) atoms. The number of hydrogen-bond donors (Lipinski definition) is 1. The molecule has 0 bridgehead atoms. The Hall–Kier alpha value is -1.35. The van der Waals surface area contributed by atoms with Gasteiger partial charge in [-0.2, -0.15) is 0 Å². The van der Waals surface area contributed by atoms with Gasteiger partial charge in [-0.05, 0) is 36.8 Å². The van der Waals surface area contributed by atoms with Gasteiger partial charge in [-0.3, -0.25) is 0 Å². The fourth-order valence-electron chi connectivity index (χ4n) is 1.64. The zero-order valence-corrected chi connectivity index (χ0v) is 11.1. The predicted octanol–water partition coefficient (Wildman–Crippen LogP) is 4.51. The van der Waals surface area contributed by atoms with Crippen molar-refractivity contribution in [2.45, 2.75) is 13.5 Å². The minimum Gasteiger partial charge on any atom is -0.381 e. The van der Waals surface area contributed by atoms with Crippen molar-refractivity contribution in [1.29, 1.82) is 0 Å². The monoisotopic (exact) mass is 293 g/mol. The first-order valence-electron chi connectivity index (χ1n) is 5.40. The normalized spacial score (nSPS) is 10.3. The summed E-state index contributed by atoms with van der Waals surface area (Å²) >= 11 is 3.43. The molecule has 2 aromatic rings. The smallest absolute Gasteiger partial charge is 0.128 e. The van der Waals surface area contributed by atoms with E-state index in [-0.39, 0.29) is 5.82 Å². The Bertz CT molecular complexity index is 525. The van der Waals surface area contributed by atoms with Gasteiger partial charge in [0.15, 0.2) is 0 Å². The highest BCUT2D eigenvalue weighted by atomic mass is 79.9. The molecule has 0 fully saturated rings. The fourth-order valence-corrected chi connectivity index (χ4v) is 2.09. The highest BCUT2D eigenvalue weighted by Crippen LogP contribution is 2.19. The third kappa shape index (κ3) is 3.07. The number of nitrogens with one attached hydrogen (secondary N) is 1. The second-order valence-electron chi connectivity index (χ2n) is 3.90. The van der Waals surface area contributed by atoms with Crippen molar-refractivity contribution in [2.75, 3.05) is 5.32 Å². The maximum atomic E-state index is 13.3. The summed E-state index contributed by atoms with van der Waals surface area (Å²) in [5, 5.41) is 3.24. The molecule has 3 heteroatoms. The summed E-state index contributed by atoms with van der Waals surface area (Å²) in [6.07, 6.45) is 0. The van der Waals surface area contributed by atoms with Crippen LogP contribution in [0.25, 0.3) is 0 Å². The van der Waals surface area contributed by atoms with Crippen LogP contribution < -0.4 is 5.32 Å². The molecular formula is C14H13BrFN. The Morgan fingerprint density at radius 3 is 2.71 bits per heavy atom. The first-order chi connectivity index (χ1) is 8.16. The van der Waals surface area contributed by atoms with Crippen molar-refractivity contribution in [3.8, 4) is 0 Å². The van der Waals surface area contributed by atoms with Crippen molar-refractivity contribution in [3.63, 3.8) is 0 Å². The van der Waals surface area contributed by atoms with E-state index in [9.17, 15) is 4.39 Å². The molecule has 0 aliphatic carbocycles. The molecule has 0 aliphatic rings. The average molecular weight is 294 g/mol. The van der Waals surface area contributed by atoms with Crippen LogP contribution in [0.15, 0.2) is 46.9 Å². The summed E-state index contributed by atoms with van der Waals surface area (Å²) in [6.45, 7) is 2.46. The molecule has 0 atom stereocenters. The van der Waals surface area contributed by atoms with E-state index in [2.05, 4.69) is 21.2 Å². The van der Waals surface area contributed by atoms with E-state index < -0.39 is 0 Å². The predicted molar refractivity (Wildman–Crippen MR) is 72.6 cm³/mol. The Kier molecular flexibility index (Phi) is 3.79. The largest absolute Gasteiger partial charge is 0.381 e. The minimum absolute atomic E-state index is 0.177. The number of halogens is 2. The number of anilines is 1. The van der Waals surface area contributed by atoms with E-state index in [1.807, 2.05) is 30.3 Å². The van der Waals surface area contributed by atoms with Crippen LogP contribution in [-0.4, -0.2) is 0 Å².